The van der Waals surface area contributed by atoms with Crippen molar-refractivity contribution >= 4 is 23.4 Å². The Morgan fingerprint density at radius 1 is 1.40 bits per heavy atom. The first-order chi connectivity index (χ1) is 12.2. The number of anilines is 1. The summed E-state index contributed by atoms with van der Waals surface area (Å²) in [6.07, 6.45) is 1.59. The normalized spacial score (nSPS) is 10.6. The van der Waals surface area contributed by atoms with Gasteiger partial charge in [0.1, 0.15) is 18.1 Å². The zero-order valence-corrected chi connectivity index (χ0v) is 14.6. The number of amides is 1. The van der Waals surface area contributed by atoms with Crippen LogP contribution < -0.4 is 10.1 Å². The van der Waals surface area contributed by atoms with Gasteiger partial charge in [0.25, 0.3) is 0 Å². The van der Waals surface area contributed by atoms with Crippen molar-refractivity contribution in [3.05, 3.63) is 47.9 Å². The number of ether oxygens (including phenoxy) is 1. The van der Waals surface area contributed by atoms with Gasteiger partial charge in [-0.2, -0.15) is 0 Å². The molecule has 130 valence electrons. The molecule has 0 radical (unpaired) electrons. The van der Waals surface area contributed by atoms with Gasteiger partial charge in [0.15, 0.2) is 0 Å². The summed E-state index contributed by atoms with van der Waals surface area (Å²) < 4.78 is 12.1. The third kappa shape index (κ3) is 4.38. The molecule has 0 saturated carbocycles. The van der Waals surface area contributed by atoms with Gasteiger partial charge in [-0.3, -0.25) is 4.79 Å². The third-order valence-corrected chi connectivity index (χ3v) is 4.30. The maximum atomic E-state index is 12.2. The summed E-state index contributed by atoms with van der Waals surface area (Å²) >= 11 is 1.25. The summed E-state index contributed by atoms with van der Waals surface area (Å²) in [4.78, 5) is 12.2. The molecule has 2 aromatic heterocycles. The van der Waals surface area contributed by atoms with E-state index in [0.717, 1.165) is 11.3 Å². The molecule has 8 nitrogen and oxygen atoms in total. The first-order valence-corrected chi connectivity index (χ1v) is 8.50. The Bertz CT molecular complexity index is 847. The summed E-state index contributed by atoms with van der Waals surface area (Å²) in [5.41, 5.74) is 1.68. The second kappa shape index (κ2) is 7.84. The molecule has 3 rings (SSSR count). The van der Waals surface area contributed by atoms with E-state index >= 15 is 0 Å². The number of aromatic nitrogens is 4. The Labute approximate surface area is 148 Å². The van der Waals surface area contributed by atoms with Gasteiger partial charge >= 0.3 is 0 Å². The number of carbonyl (C=O) groups excluding carboxylic acids is 1. The maximum absolute atomic E-state index is 12.2. The number of carbonyl (C=O) groups is 1. The van der Waals surface area contributed by atoms with Crippen molar-refractivity contribution in [2.45, 2.75) is 18.6 Å². The van der Waals surface area contributed by atoms with Crippen LogP contribution in [0.15, 0.2) is 46.2 Å². The molecule has 1 amide bonds. The highest BCUT2D eigenvalue weighted by Crippen LogP contribution is 2.25. The molecule has 1 N–H and O–H groups in total. The third-order valence-electron chi connectivity index (χ3n) is 3.35. The highest BCUT2D eigenvalue weighted by molar-refractivity contribution is 7.99. The number of benzene rings is 1. The molecule has 0 fully saturated rings. The van der Waals surface area contributed by atoms with Crippen LogP contribution in [0.1, 0.15) is 11.3 Å². The lowest BCUT2D eigenvalue weighted by molar-refractivity contribution is -0.113. The highest BCUT2D eigenvalue weighted by Gasteiger charge is 2.13. The number of nitrogens with one attached hydrogen (secondary N) is 1. The molecule has 0 bridgehead atoms. The van der Waals surface area contributed by atoms with E-state index in [1.54, 1.807) is 24.1 Å². The molecule has 1 aromatic carbocycles. The van der Waals surface area contributed by atoms with Crippen LogP contribution in [0.2, 0.25) is 0 Å². The zero-order valence-electron chi connectivity index (χ0n) is 13.8. The van der Waals surface area contributed by atoms with E-state index in [0.29, 0.717) is 23.1 Å². The second-order valence-electron chi connectivity index (χ2n) is 5.24. The molecule has 0 aliphatic rings. The molecule has 0 aliphatic heterocycles. The Balaban J connectivity index is 1.60. The minimum atomic E-state index is -0.165. The van der Waals surface area contributed by atoms with Gasteiger partial charge in [-0.1, -0.05) is 17.8 Å². The molecule has 0 atom stereocenters. The predicted octanol–water partition coefficient (Wildman–Crippen LogP) is 2.36. The molecule has 0 aliphatic carbocycles. The average molecular weight is 359 g/mol. The van der Waals surface area contributed by atoms with E-state index in [9.17, 15) is 4.79 Å². The number of hydrogen-bond acceptors (Lipinski definition) is 7. The van der Waals surface area contributed by atoms with E-state index in [4.69, 9.17) is 9.15 Å². The number of methoxy groups -OCH3 is 1. The molecule has 0 spiro atoms. The summed E-state index contributed by atoms with van der Waals surface area (Å²) in [5.74, 6) is 1.37. The van der Waals surface area contributed by atoms with Gasteiger partial charge in [0, 0.05) is 0 Å². The Hall–Kier alpha value is -2.81. The first kappa shape index (κ1) is 17.0. The molecular weight excluding hydrogens is 342 g/mol. The van der Waals surface area contributed by atoms with Crippen molar-refractivity contribution in [2.24, 2.45) is 0 Å². The fourth-order valence-corrected chi connectivity index (χ4v) is 2.86. The summed E-state index contributed by atoms with van der Waals surface area (Å²) in [6.45, 7) is 2.36. The van der Waals surface area contributed by atoms with Crippen molar-refractivity contribution in [1.82, 2.24) is 20.2 Å². The molecule has 0 unspecified atom stereocenters. The summed E-state index contributed by atoms with van der Waals surface area (Å²) in [6, 6.07) is 9.25. The van der Waals surface area contributed by atoms with E-state index < -0.39 is 0 Å². The Morgan fingerprint density at radius 3 is 3.04 bits per heavy atom. The van der Waals surface area contributed by atoms with E-state index in [1.807, 2.05) is 31.2 Å². The van der Waals surface area contributed by atoms with Crippen LogP contribution in [0.25, 0.3) is 0 Å². The Morgan fingerprint density at radius 2 is 2.28 bits per heavy atom. The van der Waals surface area contributed by atoms with Gasteiger partial charge in [-0.05, 0) is 47.2 Å². The van der Waals surface area contributed by atoms with E-state index in [-0.39, 0.29) is 11.7 Å². The lowest BCUT2D eigenvalue weighted by Crippen LogP contribution is -2.15. The monoisotopic (exact) mass is 359 g/mol. The van der Waals surface area contributed by atoms with Gasteiger partial charge in [0.2, 0.25) is 11.1 Å². The second-order valence-corrected chi connectivity index (χ2v) is 6.18. The van der Waals surface area contributed by atoms with Crippen molar-refractivity contribution in [2.75, 3.05) is 18.2 Å². The minimum Gasteiger partial charge on any atom is -0.495 e. The standard InChI is InChI=1S/C16H17N5O3S/c1-11-5-6-14(23-2)13(8-11)17-15(22)10-25-16-18-19-20-21(16)9-12-4-3-7-24-12/h3-8H,9-10H2,1-2H3,(H,17,22). The van der Waals surface area contributed by atoms with Gasteiger partial charge in [-0.25, -0.2) is 4.68 Å². The average Bonchev–Trinajstić information content (AvgIpc) is 3.26. The summed E-state index contributed by atoms with van der Waals surface area (Å²) in [7, 11) is 1.57. The molecule has 25 heavy (non-hydrogen) atoms. The minimum absolute atomic E-state index is 0.165. The topological polar surface area (TPSA) is 95.1 Å². The van der Waals surface area contributed by atoms with Crippen molar-refractivity contribution in [3.8, 4) is 5.75 Å². The van der Waals surface area contributed by atoms with E-state index in [1.165, 1.54) is 11.8 Å². The zero-order chi connectivity index (χ0) is 17.6. The number of thioether (sulfide) groups is 1. The van der Waals surface area contributed by atoms with Crippen LogP contribution >= 0.6 is 11.8 Å². The maximum Gasteiger partial charge on any atom is 0.234 e. The van der Waals surface area contributed by atoms with Gasteiger partial charge in [0.05, 0.1) is 24.8 Å². The molecule has 9 heteroatoms. The lowest BCUT2D eigenvalue weighted by atomic mass is 10.2. The Kier molecular flexibility index (Phi) is 5.34. The number of nitrogens with zero attached hydrogens (tertiary/aromatic N) is 4. The number of rotatable bonds is 7. The van der Waals surface area contributed by atoms with Crippen molar-refractivity contribution in [3.63, 3.8) is 0 Å². The molecule has 0 saturated heterocycles. The van der Waals surface area contributed by atoms with Crippen LogP contribution in [-0.2, 0) is 11.3 Å². The fraction of sp³-hybridized carbons (Fsp3) is 0.250. The quantitative estimate of drug-likeness (QED) is 0.647. The van der Waals surface area contributed by atoms with E-state index in [2.05, 4.69) is 20.8 Å². The van der Waals surface area contributed by atoms with Crippen molar-refractivity contribution in [1.29, 1.82) is 0 Å². The smallest absolute Gasteiger partial charge is 0.234 e. The molecule has 2 heterocycles. The van der Waals surface area contributed by atoms with Crippen LogP contribution in [0, 0.1) is 6.92 Å². The number of aryl methyl sites for hydroxylation is 1. The SMILES string of the molecule is COc1ccc(C)cc1NC(=O)CSc1nnnn1Cc1ccco1. The molecular formula is C16H17N5O3S. The largest absolute Gasteiger partial charge is 0.495 e. The van der Waals surface area contributed by atoms with Crippen LogP contribution in [-0.4, -0.2) is 39.0 Å². The van der Waals surface area contributed by atoms with Crippen LogP contribution in [0.4, 0.5) is 5.69 Å². The summed E-state index contributed by atoms with van der Waals surface area (Å²) in [5, 5.41) is 14.9. The number of furan rings is 1. The fourth-order valence-electron chi connectivity index (χ4n) is 2.19. The number of hydrogen-bond donors (Lipinski definition) is 1. The van der Waals surface area contributed by atoms with Crippen molar-refractivity contribution < 1.29 is 13.9 Å². The number of tetrazole rings is 1. The van der Waals surface area contributed by atoms with Gasteiger partial charge < -0.3 is 14.5 Å². The lowest BCUT2D eigenvalue weighted by Gasteiger charge is -2.10. The first-order valence-electron chi connectivity index (χ1n) is 7.51. The van der Waals surface area contributed by atoms with Crippen LogP contribution in [0.5, 0.6) is 5.75 Å². The molecule has 3 aromatic rings. The van der Waals surface area contributed by atoms with Gasteiger partial charge in [-0.15, -0.1) is 5.10 Å². The highest BCUT2D eigenvalue weighted by atomic mass is 32.2. The predicted molar refractivity (Wildman–Crippen MR) is 92.7 cm³/mol. The van der Waals surface area contributed by atoms with Crippen LogP contribution in [0.3, 0.4) is 0 Å².